The molecule has 2 rings (SSSR count). The van der Waals surface area contributed by atoms with Gasteiger partial charge in [0.05, 0.1) is 12.2 Å². The molecule has 23 heavy (non-hydrogen) atoms. The van der Waals surface area contributed by atoms with Crippen LogP contribution >= 0.6 is 15.9 Å². The lowest BCUT2D eigenvalue weighted by atomic mass is 9.99. The largest absolute Gasteiger partial charge is 0.478 e. The van der Waals surface area contributed by atoms with Gasteiger partial charge in [-0.15, -0.1) is 0 Å². The van der Waals surface area contributed by atoms with Gasteiger partial charge in [-0.3, -0.25) is 0 Å². The summed E-state index contributed by atoms with van der Waals surface area (Å²) in [6.45, 7) is 1.35. The number of fused-ring (bicyclic) bond motifs is 1. The summed E-state index contributed by atoms with van der Waals surface area (Å²) in [7, 11) is 0. The van der Waals surface area contributed by atoms with Crippen molar-refractivity contribution in [1.29, 1.82) is 0 Å². The summed E-state index contributed by atoms with van der Waals surface area (Å²) >= 11 is 3.07. The van der Waals surface area contributed by atoms with Crippen LogP contribution in [0.2, 0.25) is 0 Å². The number of esters is 1. The SMILES string of the molecule is CCOC(=O)C1=Cc2cc(Br)cc(C(=O)O)c2OC1C(F)(F)F. The van der Waals surface area contributed by atoms with Crippen LogP contribution < -0.4 is 4.74 Å². The Hall–Kier alpha value is -2.03. The van der Waals surface area contributed by atoms with E-state index in [9.17, 15) is 22.8 Å². The fourth-order valence-corrected chi connectivity index (χ4v) is 2.54. The Bertz CT molecular complexity index is 696. The van der Waals surface area contributed by atoms with Crippen LogP contribution in [-0.2, 0) is 9.53 Å². The van der Waals surface area contributed by atoms with Crippen molar-refractivity contribution in [3.05, 3.63) is 33.3 Å². The number of carbonyl (C=O) groups is 2. The Kier molecular flexibility index (Phi) is 4.69. The van der Waals surface area contributed by atoms with Gasteiger partial charge in [0, 0.05) is 10.0 Å². The van der Waals surface area contributed by atoms with E-state index >= 15 is 0 Å². The molecule has 0 amide bonds. The molecule has 0 radical (unpaired) electrons. The highest BCUT2D eigenvalue weighted by Crippen LogP contribution is 2.40. The van der Waals surface area contributed by atoms with E-state index in [4.69, 9.17) is 9.84 Å². The van der Waals surface area contributed by atoms with Gasteiger partial charge in [0.1, 0.15) is 11.3 Å². The molecule has 9 heteroatoms. The number of ether oxygens (including phenoxy) is 2. The summed E-state index contributed by atoms with van der Waals surface area (Å²) in [6.07, 6.45) is -6.56. The maximum Gasteiger partial charge on any atom is 0.430 e. The molecular formula is C14H10BrF3O5. The third-order valence-corrected chi connectivity index (χ3v) is 3.41. The maximum atomic E-state index is 13.2. The molecule has 0 saturated heterocycles. The number of aromatic carboxylic acids is 1. The quantitative estimate of drug-likeness (QED) is 0.795. The van der Waals surface area contributed by atoms with Gasteiger partial charge in [0.25, 0.3) is 0 Å². The van der Waals surface area contributed by atoms with Gasteiger partial charge in [-0.05, 0) is 25.1 Å². The molecule has 0 bridgehead atoms. The van der Waals surface area contributed by atoms with E-state index < -0.39 is 41.1 Å². The Balaban J connectivity index is 2.64. The molecule has 1 atom stereocenters. The van der Waals surface area contributed by atoms with Crippen molar-refractivity contribution in [2.75, 3.05) is 6.61 Å². The number of carboxylic acids is 1. The first kappa shape index (κ1) is 17.3. The van der Waals surface area contributed by atoms with Crippen LogP contribution in [0.4, 0.5) is 13.2 Å². The van der Waals surface area contributed by atoms with E-state index in [1.165, 1.54) is 13.0 Å². The average Bonchev–Trinajstić information content (AvgIpc) is 2.44. The minimum Gasteiger partial charge on any atom is -0.478 e. The summed E-state index contributed by atoms with van der Waals surface area (Å²) in [6, 6.07) is 2.48. The minimum absolute atomic E-state index is 0.0420. The number of alkyl halides is 3. The van der Waals surface area contributed by atoms with Crippen molar-refractivity contribution >= 4 is 33.9 Å². The van der Waals surface area contributed by atoms with Crippen LogP contribution in [0.3, 0.4) is 0 Å². The molecule has 1 aromatic carbocycles. The van der Waals surface area contributed by atoms with Crippen LogP contribution in [0.1, 0.15) is 22.8 Å². The fraction of sp³-hybridized carbons (Fsp3) is 0.286. The molecule has 0 aromatic heterocycles. The van der Waals surface area contributed by atoms with Gasteiger partial charge in [-0.2, -0.15) is 13.2 Å². The second-order valence-corrected chi connectivity index (χ2v) is 5.45. The predicted octanol–water partition coefficient (Wildman–Crippen LogP) is 3.42. The van der Waals surface area contributed by atoms with E-state index in [1.54, 1.807) is 0 Å². The lowest BCUT2D eigenvalue weighted by Crippen LogP contribution is -2.41. The lowest BCUT2D eigenvalue weighted by molar-refractivity contribution is -0.188. The second-order valence-electron chi connectivity index (χ2n) is 4.54. The highest BCUT2D eigenvalue weighted by Gasteiger charge is 2.49. The van der Waals surface area contributed by atoms with Crippen molar-refractivity contribution in [3.8, 4) is 5.75 Å². The van der Waals surface area contributed by atoms with Crippen LogP contribution in [0.15, 0.2) is 22.2 Å². The van der Waals surface area contributed by atoms with Crippen molar-refractivity contribution in [1.82, 2.24) is 0 Å². The van der Waals surface area contributed by atoms with Crippen LogP contribution in [-0.4, -0.2) is 35.9 Å². The fourth-order valence-electron chi connectivity index (χ4n) is 2.06. The molecule has 0 aliphatic carbocycles. The number of halogens is 4. The summed E-state index contributed by atoms with van der Waals surface area (Å²) in [5, 5.41) is 9.12. The molecule has 0 fully saturated rings. The first-order valence-electron chi connectivity index (χ1n) is 6.34. The maximum absolute atomic E-state index is 13.2. The number of carboxylic acid groups (broad SMARTS) is 1. The van der Waals surface area contributed by atoms with Gasteiger partial charge in [-0.1, -0.05) is 15.9 Å². The molecular weight excluding hydrogens is 385 g/mol. The van der Waals surface area contributed by atoms with E-state index in [1.807, 2.05) is 0 Å². The second kappa shape index (κ2) is 6.23. The van der Waals surface area contributed by atoms with E-state index in [2.05, 4.69) is 20.7 Å². The zero-order chi connectivity index (χ0) is 17.4. The molecule has 124 valence electrons. The Labute approximate surface area is 136 Å². The van der Waals surface area contributed by atoms with E-state index in [-0.39, 0.29) is 12.2 Å². The van der Waals surface area contributed by atoms with Gasteiger partial charge in [0.15, 0.2) is 0 Å². The van der Waals surface area contributed by atoms with Gasteiger partial charge < -0.3 is 14.6 Å². The molecule has 5 nitrogen and oxygen atoms in total. The molecule has 0 spiro atoms. The van der Waals surface area contributed by atoms with Crippen LogP contribution in [0.25, 0.3) is 6.08 Å². The summed E-state index contributed by atoms with van der Waals surface area (Å²) in [5.74, 6) is -3.06. The van der Waals surface area contributed by atoms with Crippen molar-refractivity contribution < 1.29 is 37.3 Å². The topological polar surface area (TPSA) is 72.8 Å². The smallest absolute Gasteiger partial charge is 0.430 e. The normalized spacial score (nSPS) is 16.9. The number of hydrogen-bond donors (Lipinski definition) is 1. The summed E-state index contributed by atoms with van der Waals surface area (Å²) in [5.41, 5.74) is -1.13. The van der Waals surface area contributed by atoms with Crippen LogP contribution in [0.5, 0.6) is 5.75 Å². The van der Waals surface area contributed by atoms with Gasteiger partial charge in [-0.25, -0.2) is 9.59 Å². The minimum atomic E-state index is -4.90. The summed E-state index contributed by atoms with van der Waals surface area (Å²) < 4.78 is 49.3. The Morgan fingerprint density at radius 1 is 1.39 bits per heavy atom. The monoisotopic (exact) mass is 394 g/mol. The van der Waals surface area contributed by atoms with E-state index in [0.717, 1.165) is 12.1 Å². The molecule has 1 unspecified atom stereocenters. The number of carbonyl (C=O) groups excluding carboxylic acids is 1. The first-order chi connectivity index (χ1) is 10.6. The number of hydrogen-bond acceptors (Lipinski definition) is 4. The Morgan fingerprint density at radius 2 is 2.04 bits per heavy atom. The molecule has 1 aliphatic rings. The summed E-state index contributed by atoms with van der Waals surface area (Å²) in [4.78, 5) is 23.0. The molecule has 1 heterocycles. The van der Waals surface area contributed by atoms with Gasteiger partial charge in [0.2, 0.25) is 6.10 Å². The number of rotatable bonds is 3. The van der Waals surface area contributed by atoms with Crippen molar-refractivity contribution in [3.63, 3.8) is 0 Å². The predicted molar refractivity (Wildman–Crippen MR) is 76.2 cm³/mol. The van der Waals surface area contributed by atoms with Crippen molar-refractivity contribution in [2.24, 2.45) is 0 Å². The lowest BCUT2D eigenvalue weighted by Gasteiger charge is -2.28. The van der Waals surface area contributed by atoms with Crippen LogP contribution in [0, 0.1) is 0 Å². The highest BCUT2D eigenvalue weighted by atomic mass is 79.9. The number of benzene rings is 1. The van der Waals surface area contributed by atoms with Crippen molar-refractivity contribution in [2.45, 2.75) is 19.2 Å². The van der Waals surface area contributed by atoms with Gasteiger partial charge >= 0.3 is 18.1 Å². The average molecular weight is 395 g/mol. The third kappa shape index (κ3) is 3.49. The zero-order valence-electron chi connectivity index (χ0n) is 11.6. The van der Waals surface area contributed by atoms with E-state index in [0.29, 0.717) is 4.47 Å². The zero-order valence-corrected chi connectivity index (χ0v) is 13.2. The highest BCUT2D eigenvalue weighted by molar-refractivity contribution is 9.10. The first-order valence-corrected chi connectivity index (χ1v) is 7.13. The molecule has 1 aliphatic heterocycles. The molecule has 1 aromatic rings. The third-order valence-electron chi connectivity index (χ3n) is 2.95. The standard InChI is InChI=1S/C14H10BrF3O5/c1-2-22-13(21)9-4-6-3-7(15)5-8(12(19)20)10(6)23-11(9)14(16,17)18/h3-5,11H,2H2,1H3,(H,19,20). The molecule has 0 saturated carbocycles. The molecule has 1 N–H and O–H groups in total. The Morgan fingerprint density at radius 3 is 2.57 bits per heavy atom.